The lowest BCUT2D eigenvalue weighted by atomic mass is 10.0. The van der Waals surface area contributed by atoms with Gasteiger partial charge in [0.25, 0.3) is 0 Å². The standard InChI is InChI=1S/C19H16FN5O2/c20-14-11-3-1-2-4-13(11)26-17(14)16-15-12(21-9-22-15)7-8-25(16)19-24-23-18(27-19)10-5-6-10/h1-4,9-10,16H,5-8H2,(H,21,22)/t16-/m1/s1. The number of H-pyrrole nitrogens is 1. The highest BCUT2D eigenvalue weighted by molar-refractivity contribution is 5.79. The fraction of sp³-hybridized carbons (Fsp3) is 0.316. The lowest BCUT2D eigenvalue weighted by molar-refractivity contribution is 0.418. The van der Waals surface area contributed by atoms with E-state index >= 15 is 4.39 Å². The number of aromatic amines is 1. The van der Waals surface area contributed by atoms with Gasteiger partial charge in [-0.25, -0.2) is 9.37 Å². The molecule has 27 heavy (non-hydrogen) atoms. The van der Waals surface area contributed by atoms with E-state index in [0.29, 0.717) is 35.3 Å². The van der Waals surface area contributed by atoms with Crippen LogP contribution in [0.1, 0.15) is 47.8 Å². The number of hydrogen-bond acceptors (Lipinski definition) is 6. The van der Waals surface area contributed by atoms with E-state index in [-0.39, 0.29) is 11.6 Å². The number of halogens is 1. The summed E-state index contributed by atoms with van der Waals surface area (Å²) in [5, 5.41) is 8.86. The van der Waals surface area contributed by atoms with Crippen LogP contribution in [0.5, 0.6) is 0 Å². The van der Waals surface area contributed by atoms with Crippen LogP contribution in [0.15, 0.2) is 39.4 Å². The molecule has 1 fully saturated rings. The SMILES string of the molecule is Fc1c([C@H]2c3nc[nH]c3CCN2c2nnc(C3CC3)o2)oc2ccccc12. The first kappa shape index (κ1) is 15.0. The first-order valence-electron chi connectivity index (χ1n) is 9.08. The lowest BCUT2D eigenvalue weighted by Crippen LogP contribution is -2.36. The van der Waals surface area contributed by atoms with Crippen molar-refractivity contribution < 1.29 is 13.2 Å². The predicted molar refractivity (Wildman–Crippen MR) is 93.9 cm³/mol. The normalized spacial score (nSPS) is 19.6. The van der Waals surface area contributed by atoms with Crippen LogP contribution in [0.25, 0.3) is 11.0 Å². The van der Waals surface area contributed by atoms with Crippen LogP contribution in [-0.4, -0.2) is 26.7 Å². The van der Waals surface area contributed by atoms with Crippen molar-refractivity contribution in [3.63, 3.8) is 0 Å². The zero-order valence-electron chi connectivity index (χ0n) is 14.4. The smallest absolute Gasteiger partial charge is 0.319 e. The highest BCUT2D eigenvalue weighted by atomic mass is 19.1. The monoisotopic (exact) mass is 365 g/mol. The Morgan fingerprint density at radius 1 is 1.15 bits per heavy atom. The molecule has 1 saturated carbocycles. The molecule has 6 rings (SSSR count). The molecule has 1 atom stereocenters. The van der Waals surface area contributed by atoms with Gasteiger partial charge in [-0.3, -0.25) is 0 Å². The summed E-state index contributed by atoms with van der Waals surface area (Å²) >= 11 is 0. The van der Waals surface area contributed by atoms with Gasteiger partial charge in [-0.2, -0.15) is 0 Å². The van der Waals surface area contributed by atoms with Crippen LogP contribution in [0.2, 0.25) is 0 Å². The molecule has 0 saturated heterocycles. The number of nitrogens with zero attached hydrogens (tertiary/aromatic N) is 4. The van der Waals surface area contributed by atoms with Gasteiger partial charge < -0.3 is 18.7 Å². The quantitative estimate of drug-likeness (QED) is 0.596. The molecule has 0 unspecified atom stereocenters. The molecular weight excluding hydrogens is 349 g/mol. The summed E-state index contributed by atoms with van der Waals surface area (Å²) < 4.78 is 27.0. The average molecular weight is 365 g/mol. The molecule has 136 valence electrons. The van der Waals surface area contributed by atoms with Gasteiger partial charge in [-0.05, 0) is 25.0 Å². The lowest BCUT2D eigenvalue weighted by Gasteiger charge is -2.32. The number of anilines is 1. The number of fused-ring (bicyclic) bond motifs is 2. The van der Waals surface area contributed by atoms with Gasteiger partial charge in [0, 0.05) is 24.6 Å². The Bertz CT molecular complexity index is 1140. The van der Waals surface area contributed by atoms with Crippen LogP contribution in [0.3, 0.4) is 0 Å². The zero-order valence-corrected chi connectivity index (χ0v) is 14.4. The molecule has 8 heteroatoms. The first-order chi connectivity index (χ1) is 13.3. The molecule has 0 spiro atoms. The zero-order chi connectivity index (χ0) is 18.0. The van der Waals surface area contributed by atoms with Crippen LogP contribution in [-0.2, 0) is 6.42 Å². The third-order valence-corrected chi connectivity index (χ3v) is 5.34. The second kappa shape index (κ2) is 5.42. The number of nitrogens with one attached hydrogen (secondary N) is 1. The molecule has 7 nitrogen and oxygen atoms in total. The van der Waals surface area contributed by atoms with Crippen molar-refractivity contribution >= 4 is 17.0 Å². The number of para-hydroxylation sites is 1. The van der Waals surface area contributed by atoms with E-state index in [1.54, 1.807) is 24.5 Å². The molecule has 1 N–H and O–H groups in total. The Kier molecular flexibility index (Phi) is 3.00. The Morgan fingerprint density at radius 2 is 2.04 bits per heavy atom. The maximum absolute atomic E-state index is 15.2. The van der Waals surface area contributed by atoms with Crippen molar-refractivity contribution in [2.24, 2.45) is 0 Å². The van der Waals surface area contributed by atoms with E-state index in [0.717, 1.165) is 30.7 Å². The van der Waals surface area contributed by atoms with Crippen molar-refractivity contribution in [3.8, 4) is 0 Å². The second-order valence-corrected chi connectivity index (χ2v) is 7.09. The molecule has 1 aliphatic carbocycles. The van der Waals surface area contributed by atoms with E-state index in [1.165, 1.54) is 0 Å². The number of furan rings is 1. The molecule has 0 bridgehead atoms. The van der Waals surface area contributed by atoms with Gasteiger partial charge in [0.1, 0.15) is 11.6 Å². The highest BCUT2D eigenvalue weighted by Gasteiger charge is 2.39. The van der Waals surface area contributed by atoms with Crippen LogP contribution >= 0.6 is 0 Å². The first-order valence-corrected chi connectivity index (χ1v) is 9.08. The summed E-state index contributed by atoms with van der Waals surface area (Å²) in [7, 11) is 0. The topological polar surface area (TPSA) is 84.0 Å². The minimum Gasteiger partial charge on any atom is -0.455 e. The van der Waals surface area contributed by atoms with Gasteiger partial charge in [0.2, 0.25) is 5.89 Å². The number of benzene rings is 1. The van der Waals surface area contributed by atoms with Crippen molar-refractivity contribution in [2.45, 2.75) is 31.2 Å². The van der Waals surface area contributed by atoms with Crippen molar-refractivity contribution in [2.75, 3.05) is 11.4 Å². The van der Waals surface area contributed by atoms with Gasteiger partial charge in [0.15, 0.2) is 11.6 Å². The molecular formula is C19H16FN5O2. The number of aromatic nitrogens is 4. The Hall–Kier alpha value is -3.16. The van der Waals surface area contributed by atoms with Crippen molar-refractivity contribution in [1.82, 2.24) is 20.2 Å². The molecule has 1 aliphatic heterocycles. The van der Waals surface area contributed by atoms with E-state index in [1.807, 2.05) is 11.0 Å². The molecule has 1 aromatic carbocycles. The van der Waals surface area contributed by atoms with Gasteiger partial charge >= 0.3 is 6.01 Å². The molecule has 2 aliphatic rings. The fourth-order valence-electron chi connectivity index (χ4n) is 3.79. The summed E-state index contributed by atoms with van der Waals surface area (Å²) in [5.41, 5.74) is 2.21. The average Bonchev–Trinajstić information content (AvgIpc) is 3.12. The van der Waals surface area contributed by atoms with Gasteiger partial charge in [-0.15, -0.1) is 5.10 Å². The largest absolute Gasteiger partial charge is 0.455 e. The van der Waals surface area contributed by atoms with Gasteiger partial charge in [-0.1, -0.05) is 17.2 Å². The minimum absolute atomic E-state index is 0.218. The fourth-order valence-corrected chi connectivity index (χ4v) is 3.79. The Morgan fingerprint density at radius 3 is 2.89 bits per heavy atom. The number of imidazole rings is 1. The molecule has 3 aromatic heterocycles. The third-order valence-electron chi connectivity index (χ3n) is 5.34. The van der Waals surface area contributed by atoms with E-state index in [9.17, 15) is 0 Å². The summed E-state index contributed by atoms with van der Waals surface area (Å²) in [6, 6.07) is 6.93. The minimum atomic E-state index is -0.556. The molecule has 0 radical (unpaired) electrons. The molecule has 4 heterocycles. The van der Waals surface area contributed by atoms with Crippen molar-refractivity contribution in [1.29, 1.82) is 0 Å². The van der Waals surface area contributed by atoms with Crippen LogP contribution in [0.4, 0.5) is 10.4 Å². The van der Waals surface area contributed by atoms with Crippen LogP contribution < -0.4 is 4.90 Å². The van der Waals surface area contributed by atoms with Crippen molar-refractivity contribution in [3.05, 3.63) is 59.4 Å². The number of rotatable bonds is 3. The number of hydrogen-bond donors (Lipinski definition) is 1. The second-order valence-electron chi connectivity index (χ2n) is 7.09. The van der Waals surface area contributed by atoms with E-state index in [4.69, 9.17) is 8.83 Å². The summed E-state index contributed by atoms with van der Waals surface area (Å²) in [4.78, 5) is 9.48. The molecule has 4 aromatic rings. The van der Waals surface area contributed by atoms with Gasteiger partial charge in [0.05, 0.1) is 17.4 Å². The maximum atomic E-state index is 15.2. The maximum Gasteiger partial charge on any atom is 0.319 e. The van der Waals surface area contributed by atoms with E-state index in [2.05, 4.69) is 20.2 Å². The Balaban J connectivity index is 1.51. The van der Waals surface area contributed by atoms with Crippen LogP contribution in [0, 0.1) is 5.82 Å². The molecule has 0 amide bonds. The predicted octanol–water partition coefficient (Wildman–Crippen LogP) is 3.71. The third kappa shape index (κ3) is 2.22. The Labute approximate surface area is 153 Å². The summed E-state index contributed by atoms with van der Waals surface area (Å²) in [6.07, 6.45) is 4.51. The highest BCUT2D eigenvalue weighted by Crippen LogP contribution is 2.43. The summed E-state index contributed by atoms with van der Waals surface area (Å²) in [6.45, 7) is 0.600. The summed E-state index contributed by atoms with van der Waals surface area (Å²) in [5.74, 6) is 0.855. The van der Waals surface area contributed by atoms with E-state index < -0.39 is 6.04 Å².